The van der Waals surface area contributed by atoms with Gasteiger partial charge in [-0.2, -0.15) is 5.21 Å². The predicted octanol–water partition coefficient (Wildman–Crippen LogP) is 1.08. The largest absolute Gasteiger partial charge is 0.370 e. The van der Waals surface area contributed by atoms with Gasteiger partial charge in [0.1, 0.15) is 11.6 Å². The normalized spacial score (nSPS) is 10.9. The molecule has 2 heterocycles. The van der Waals surface area contributed by atoms with Crippen molar-refractivity contribution in [2.75, 3.05) is 11.9 Å². The number of aromatic nitrogens is 6. The summed E-state index contributed by atoms with van der Waals surface area (Å²) in [4.78, 5) is 8.75. The molecule has 0 spiro atoms. The molecule has 0 saturated carbocycles. The summed E-state index contributed by atoms with van der Waals surface area (Å²) >= 11 is 0. The first-order chi connectivity index (χ1) is 8.65. The minimum Gasteiger partial charge on any atom is -0.370 e. The van der Waals surface area contributed by atoms with E-state index in [1.54, 1.807) is 0 Å². The summed E-state index contributed by atoms with van der Waals surface area (Å²) in [6.45, 7) is 6.85. The number of anilines is 1. The lowest BCUT2D eigenvalue weighted by Crippen LogP contribution is -2.09. The molecule has 7 heteroatoms. The molecule has 0 aromatic carbocycles. The highest BCUT2D eigenvalue weighted by Crippen LogP contribution is 2.15. The summed E-state index contributed by atoms with van der Waals surface area (Å²) in [7, 11) is 0. The second kappa shape index (κ2) is 5.52. The van der Waals surface area contributed by atoms with E-state index in [1.165, 1.54) is 0 Å². The third-order valence-electron chi connectivity index (χ3n) is 2.49. The van der Waals surface area contributed by atoms with E-state index in [2.05, 4.69) is 49.8 Å². The van der Waals surface area contributed by atoms with Gasteiger partial charge < -0.3 is 5.32 Å². The van der Waals surface area contributed by atoms with Crippen LogP contribution >= 0.6 is 0 Å². The van der Waals surface area contributed by atoms with Gasteiger partial charge in [0, 0.05) is 24.7 Å². The third-order valence-corrected chi connectivity index (χ3v) is 2.49. The first kappa shape index (κ1) is 12.4. The topological polar surface area (TPSA) is 92.3 Å². The SMILES string of the molecule is Cc1nc(NCCc2nn[nH]n2)cc(C(C)C)n1. The van der Waals surface area contributed by atoms with E-state index < -0.39 is 0 Å². The molecule has 7 nitrogen and oxygen atoms in total. The van der Waals surface area contributed by atoms with Crippen LogP contribution in [0.4, 0.5) is 5.82 Å². The molecule has 0 fully saturated rings. The maximum Gasteiger partial charge on any atom is 0.176 e. The number of rotatable bonds is 5. The number of aryl methyl sites for hydroxylation is 1. The lowest BCUT2D eigenvalue weighted by molar-refractivity contribution is 0.800. The van der Waals surface area contributed by atoms with Crippen LogP contribution in [0.5, 0.6) is 0 Å². The molecule has 0 radical (unpaired) electrons. The van der Waals surface area contributed by atoms with Crippen LogP contribution in [0.25, 0.3) is 0 Å². The molecule has 18 heavy (non-hydrogen) atoms. The van der Waals surface area contributed by atoms with Crippen LogP contribution in [-0.2, 0) is 6.42 Å². The van der Waals surface area contributed by atoms with Crippen molar-refractivity contribution in [1.29, 1.82) is 0 Å². The lowest BCUT2D eigenvalue weighted by atomic mass is 10.1. The zero-order valence-electron chi connectivity index (χ0n) is 10.8. The highest BCUT2D eigenvalue weighted by atomic mass is 15.5. The fourth-order valence-electron chi connectivity index (χ4n) is 1.57. The Morgan fingerprint density at radius 1 is 1.33 bits per heavy atom. The number of nitrogens with zero attached hydrogens (tertiary/aromatic N) is 5. The average Bonchev–Trinajstić information content (AvgIpc) is 2.81. The summed E-state index contributed by atoms with van der Waals surface area (Å²) in [5.74, 6) is 2.71. The molecule has 0 atom stereocenters. The summed E-state index contributed by atoms with van der Waals surface area (Å²) in [5, 5.41) is 17.0. The molecule has 0 aliphatic heterocycles. The fraction of sp³-hybridized carbons (Fsp3) is 0.545. The number of nitrogens with one attached hydrogen (secondary N) is 2. The Labute approximate surface area is 105 Å². The van der Waals surface area contributed by atoms with Gasteiger partial charge in [-0.05, 0) is 12.8 Å². The Kier molecular flexibility index (Phi) is 3.81. The van der Waals surface area contributed by atoms with Gasteiger partial charge in [0.25, 0.3) is 0 Å². The van der Waals surface area contributed by atoms with E-state index in [0.29, 0.717) is 24.7 Å². The maximum atomic E-state index is 4.40. The highest BCUT2D eigenvalue weighted by Gasteiger charge is 2.05. The van der Waals surface area contributed by atoms with Crippen molar-refractivity contribution in [3.8, 4) is 0 Å². The Bertz CT molecular complexity index is 492. The van der Waals surface area contributed by atoms with Crippen LogP contribution in [0.2, 0.25) is 0 Å². The van der Waals surface area contributed by atoms with Gasteiger partial charge in [-0.1, -0.05) is 19.1 Å². The van der Waals surface area contributed by atoms with Crippen molar-refractivity contribution in [2.45, 2.75) is 33.1 Å². The zero-order chi connectivity index (χ0) is 13.0. The van der Waals surface area contributed by atoms with Crippen LogP contribution in [0.1, 0.15) is 37.1 Å². The van der Waals surface area contributed by atoms with E-state index in [0.717, 1.165) is 17.3 Å². The van der Waals surface area contributed by atoms with Crippen molar-refractivity contribution < 1.29 is 0 Å². The van der Waals surface area contributed by atoms with Crippen LogP contribution in [0.15, 0.2) is 6.07 Å². The average molecular weight is 247 g/mol. The second-order valence-corrected chi connectivity index (χ2v) is 4.38. The Hall–Kier alpha value is -2.05. The van der Waals surface area contributed by atoms with Crippen LogP contribution in [0.3, 0.4) is 0 Å². The van der Waals surface area contributed by atoms with Gasteiger partial charge in [0.15, 0.2) is 5.82 Å². The summed E-state index contributed by atoms with van der Waals surface area (Å²) in [5.41, 5.74) is 1.05. The molecule has 0 saturated heterocycles. The lowest BCUT2D eigenvalue weighted by Gasteiger charge is -2.09. The molecule has 2 aromatic rings. The molecule has 2 N–H and O–H groups in total. The van der Waals surface area contributed by atoms with Crippen LogP contribution in [-0.4, -0.2) is 37.1 Å². The van der Waals surface area contributed by atoms with Crippen LogP contribution < -0.4 is 5.32 Å². The van der Waals surface area contributed by atoms with Gasteiger partial charge in [0.05, 0.1) is 0 Å². The predicted molar refractivity (Wildman–Crippen MR) is 67.2 cm³/mol. The first-order valence-corrected chi connectivity index (χ1v) is 5.97. The molecule has 2 aromatic heterocycles. The Morgan fingerprint density at radius 3 is 2.83 bits per heavy atom. The van der Waals surface area contributed by atoms with Crippen molar-refractivity contribution in [3.63, 3.8) is 0 Å². The quantitative estimate of drug-likeness (QED) is 0.821. The van der Waals surface area contributed by atoms with Gasteiger partial charge in [-0.25, -0.2) is 9.97 Å². The molecule has 0 aliphatic carbocycles. The molecular formula is C11H17N7. The van der Waals surface area contributed by atoms with E-state index in [-0.39, 0.29) is 0 Å². The van der Waals surface area contributed by atoms with Crippen molar-refractivity contribution in [2.24, 2.45) is 0 Å². The summed E-state index contributed by atoms with van der Waals surface area (Å²) in [6, 6.07) is 1.98. The fourth-order valence-corrected chi connectivity index (χ4v) is 1.57. The van der Waals surface area contributed by atoms with E-state index in [1.807, 2.05) is 13.0 Å². The van der Waals surface area contributed by atoms with Gasteiger partial charge >= 0.3 is 0 Å². The third kappa shape index (κ3) is 3.22. The zero-order valence-corrected chi connectivity index (χ0v) is 10.8. The minimum absolute atomic E-state index is 0.393. The smallest absolute Gasteiger partial charge is 0.176 e. The number of aromatic amines is 1. The second-order valence-electron chi connectivity index (χ2n) is 4.38. The maximum absolute atomic E-state index is 4.40. The highest BCUT2D eigenvalue weighted by molar-refractivity contribution is 5.36. The molecule has 0 bridgehead atoms. The van der Waals surface area contributed by atoms with E-state index in [9.17, 15) is 0 Å². The van der Waals surface area contributed by atoms with Crippen molar-refractivity contribution in [1.82, 2.24) is 30.6 Å². The van der Waals surface area contributed by atoms with E-state index >= 15 is 0 Å². The first-order valence-electron chi connectivity index (χ1n) is 5.97. The summed E-state index contributed by atoms with van der Waals surface area (Å²) in [6.07, 6.45) is 0.705. The molecule has 0 aliphatic rings. The molecule has 0 unspecified atom stereocenters. The number of hydrogen-bond donors (Lipinski definition) is 2. The van der Waals surface area contributed by atoms with Gasteiger partial charge in [-0.15, -0.1) is 10.2 Å². The standard InChI is InChI=1S/C11H17N7/c1-7(2)9-6-11(14-8(3)13-9)12-5-4-10-15-17-18-16-10/h6-7H,4-5H2,1-3H3,(H,12,13,14)(H,15,16,17,18). The number of H-pyrrole nitrogens is 1. The monoisotopic (exact) mass is 247 g/mol. The minimum atomic E-state index is 0.393. The number of hydrogen-bond acceptors (Lipinski definition) is 6. The summed E-state index contributed by atoms with van der Waals surface area (Å²) < 4.78 is 0. The van der Waals surface area contributed by atoms with E-state index in [4.69, 9.17) is 0 Å². The van der Waals surface area contributed by atoms with Crippen molar-refractivity contribution in [3.05, 3.63) is 23.4 Å². The van der Waals surface area contributed by atoms with Crippen LogP contribution in [0, 0.1) is 6.92 Å². The molecule has 96 valence electrons. The van der Waals surface area contributed by atoms with Crippen molar-refractivity contribution >= 4 is 5.82 Å². The Morgan fingerprint density at radius 2 is 2.17 bits per heavy atom. The Balaban J connectivity index is 1.96. The number of tetrazole rings is 1. The molecule has 0 amide bonds. The van der Waals surface area contributed by atoms with Gasteiger partial charge in [0.2, 0.25) is 0 Å². The molecule has 2 rings (SSSR count). The van der Waals surface area contributed by atoms with Gasteiger partial charge in [-0.3, -0.25) is 0 Å². The molecular weight excluding hydrogens is 230 g/mol.